The van der Waals surface area contributed by atoms with Crippen LogP contribution < -0.4 is 0 Å². The second-order valence-electron chi connectivity index (χ2n) is 30.9. The van der Waals surface area contributed by atoms with E-state index in [4.69, 9.17) is 37.0 Å². The number of phosphoric ester groups is 2. The van der Waals surface area contributed by atoms with Crippen LogP contribution in [0, 0.1) is 17.8 Å². The lowest BCUT2D eigenvalue weighted by atomic mass is 10.0. The van der Waals surface area contributed by atoms with Gasteiger partial charge in [-0.05, 0) is 43.4 Å². The van der Waals surface area contributed by atoms with Crippen LogP contribution in [0.1, 0.15) is 427 Å². The number of carbonyl (C=O) groups is 4. The third-order valence-electron chi connectivity index (χ3n) is 19.1. The Morgan fingerprint density at radius 3 is 0.673 bits per heavy atom. The predicted octanol–water partition coefficient (Wildman–Crippen LogP) is 24.5. The molecule has 0 saturated carbocycles. The molecule has 0 spiro atoms. The Hall–Kier alpha value is -1.94. The summed E-state index contributed by atoms with van der Waals surface area (Å²) in [5.74, 6) is 0.253. The minimum Gasteiger partial charge on any atom is -0.462 e. The van der Waals surface area contributed by atoms with Gasteiger partial charge in [-0.2, -0.15) is 0 Å². The molecule has 0 aromatic carbocycles. The van der Waals surface area contributed by atoms with Gasteiger partial charge in [-0.1, -0.05) is 376 Å². The molecule has 0 heterocycles. The first-order valence-corrected chi connectivity index (χ1v) is 45.3. The number of aliphatic hydroxyl groups excluding tert-OH is 1. The van der Waals surface area contributed by atoms with Crippen molar-refractivity contribution in [3.05, 3.63) is 0 Å². The number of esters is 4. The topological polar surface area (TPSA) is 237 Å². The molecule has 19 heteroatoms. The largest absolute Gasteiger partial charge is 0.472 e. The first-order valence-electron chi connectivity index (χ1n) is 42.3. The van der Waals surface area contributed by atoms with Crippen molar-refractivity contribution < 1.29 is 80.2 Å². The Balaban J connectivity index is 5.21. The molecule has 3 N–H and O–H groups in total. The molecule has 2 unspecified atom stereocenters. The van der Waals surface area contributed by atoms with Gasteiger partial charge in [0.1, 0.15) is 19.3 Å². The molecule has 0 aromatic heterocycles. The van der Waals surface area contributed by atoms with Crippen LogP contribution in [0.2, 0.25) is 0 Å². The molecule has 0 aliphatic heterocycles. The summed E-state index contributed by atoms with van der Waals surface area (Å²) >= 11 is 0. The first kappa shape index (κ1) is 99.1. The highest BCUT2D eigenvalue weighted by molar-refractivity contribution is 7.47. The van der Waals surface area contributed by atoms with Gasteiger partial charge < -0.3 is 33.8 Å². The molecule has 0 aliphatic rings. The van der Waals surface area contributed by atoms with Crippen molar-refractivity contribution >= 4 is 39.5 Å². The third-order valence-corrected chi connectivity index (χ3v) is 21.0. The molecule has 0 bridgehead atoms. The summed E-state index contributed by atoms with van der Waals surface area (Å²) in [6.07, 6.45) is 61.1. The van der Waals surface area contributed by atoms with E-state index in [0.29, 0.717) is 25.7 Å². The third kappa shape index (κ3) is 76.1. The van der Waals surface area contributed by atoms with E-state index in [-0.39, 0.29) is 25.7 Å². The number of aliphatic hydroxyl groups is 1. The predicted molar refractivity (Wildman–Crippen MR) is 414 cm³/mol. The van der Waals surface area contributed by atoms with Crippen LogP contribution in [-0.4, -0.2) is 96.7 Å². The highest BCUT2D eigenvalue weighted by Crippen LogP contribution is 2.45. The lowest BCUT2D eigenvalue weighted by Crippen LogP contribution is -2.30. The van der Waals surface area contributed by atoms with Gasteiger partial charge in [0.25, 0.3) is 0 Å². The quantitative estimate of drug-likeness (QED) is 0.0222. The maximum absolute atomic E-state index is 13.1. The van der Waals surface area contributed by atoms with Gasteiger partial charge >= 0.3 is 39.5 Å². The van der Waals surface area contributed by atoms with Crippen molar-refractivity contribution in [3.8, 4) is 0 Å². The Kier molecular flexibility index (Phi) is 70.9. The number of phosphoric acid groups is 2. The minimum atomic E-state index is -4.96. The number of carbonyl (C=O) groups excluding carboxylic acids is 4. The van der Waals surface area contributed by atoms with Crippen molar-refractivity contribution in [2.45, 2.75) is 446 Å². The molecule has 0 aliphatic carbocycles. The van der Waals surface area contributed by atoms with Crippen molar-refractivity contribution in [2.75, 3.05) is 39.6 Å². The molecule has 600 valence electrons. The summed E-state index contributed by atoms with van der Waals surface area (Å²) in [4.78, 5) is 73.0. The second kappa shape index (κ2) is 72.3. The summed E-state index contributed by atoms with van der Waals surface area (Å²) in [5.41, 5.74) is 0. The standard InChI is InChI=1S/C82H160O17P2/c1-8-9-10-11-12-13-35-42-49-56-63-79(84)92-69-78(99-82(87)66-59-52-45-38-31-34-41-48-55-62-75(6)7)72-97-101(90,91)95-68-76(83)67-94-100(88,89)96-71-77(70-93-80(85)64-57-50-43-36-29-25-22-18-20-24-28-33-40-47-54-61-74(4)5)98-81(86)65-58-51-44-37-30-26-21-17-15-14-16-19-23-27-32-39-46-53-60-73(2)3/h73-78,83H,8-72H2,1-7H3,(H,88,89)(H,90,91)/t76-,77-,78-/m1/s1. The van der Waals surface area contributed by atoms with Crippen LogP contribution in [0.15, 0.2) is 0 Å². The number of unbranched alkanes of at least 4 members (excludes halogenated alkanes) is 48. The second-order valence-corrected chi connectivity index (χ2v) is 33.8. The van der Waals surface area contributed by atoms with E-state index in [1.54, 1.807) is 0 Å². The number of rotatable bonds is 80. The van der Waals surface area contributed by atoms with Gasteiger partial charge in [0, 0.05) is 25.7 Å². The Bertz CT molecular complexity index is 1960. The van der Waals surface area contributed by atoms with Gasteiger partial charge in [0.2, 0.25) is 0 Å². The minimum absolute atomic E-state index is 0.105. The normalized spacial score (nSPS) is 14.0. The van der Waals surface area contributed by atoms with Crippen molar-refractivity contribution in [1.82, 2.24) is 0 Å². The zero-order valence-electron chi connectivity index (χ0n) is 66.4. The molecule has 0 aromatic rings. The monoisotopic (exact) mass is 1480 g/mol. The lowest BCUT2D eigenvalue weighted by Gasteiger charge is -2.21. The molecule has 0 rings (SSSR count). The zero-order valence-corrected chi connectivity index (χ0v) is 68.2. The molecule has 0 fully saturated rings. The van der Waals surface area contributed by atoms with Crippen molar-refractivity contribution in [3.63, 3.8) is 0 Å². The molecule has 0 amide bonds. The van der Waals surface area contributed by atoms with Crippen LogP contribution in [-0.2, 0) is 65.4 Å². The lowest BCUT2D eigenvalue weighted by molar-refractivity contribution is -0.161. The zero-order chi connectivity index (χ0) is 74.4. The van der Waals surface area contributed by atoms with Gasteiger partial charge in [-0.15, -0.1) is 0 Å². The van der Waals surface area contributed by atoms with Crippen LogP contribution >= 0.6 is 15.6 Å². The summed E-state index contributed by atoms with van der Waals surface area (Å²) in [5, 5.41) is 10.6. The molecule has 101 heavy (non-hydrogen) atoms. The van der Waals surface area contributed by atoms with E-state index < -0.39 is 97.5 Å². The molecule has 17 nitrogen and oxygen atoms in total. The average molecular weight is 1480 g/mol. The fourth-order valence-corrected chi connectivity index (χ4v) is 14.2. The van der Waals surface area contributed by atoms with Gasteiger partial charge in [-0.25, -0.2) is 9.13 Å². The summed E-state index contributed by atoms with van der Waals surface area (Å²) in [6.45, 7) is 12.0. The average Bonchev–Trinajstić information content (AvgIpc) is 3.89. The maximum Gasteiger partial charge on any atom is 0.472 e. The van der Waals surface area contributed by atoms with Crippen LogP contribution in [0.3, 0.4) is 0 Å². The Labute approximate surface area is 619 Å². The van der Waals surface area contributed by atoms with Gasteiger partial charge in [-0.3, -0.25) is 37.3 Å². The fourth-order valence-electron chi connectivity index (χ4n) is 12.7. The van der Waals surface area contributed by atoms with E-state index in [0.717, 1.165) is 108 Å². The van der Waals surface area contributed by atoms with Crippen molar-refractivity contribution in [1.29, 1.82) is 0 Å². The van der Waals surface area contributed by atoms with Crippen LogP contribution in [0.5, 0.6) is 0 Å². The Morgan fingerprint density at radius 2 is 0.455 bits per heavy atom. The smallest absolute Gasteiger partial charge is 0.462 e. The number of hydrogen-bond acceptors (Lipinski definition) is 15. The van der Waals surface area contributed by atoms with Crippen LogP contribution in [0.25, 0.3) is 0 Å². The highest BCUT2D eigenvalue weighted by Gasteiger charge is 2.30. The van der Waals surface area contributed by atoms with E-state index in [1.165, 1.54) is 238 Å². The molecule has 0 saturated heterocycles. The van der Waals surface area contributed by atoms with E-state index >= 15 is 0 Å². The number of ether oxygens (including phenoxy) is 4. The maximum atomic E-state index is 13.1. The first-order chi connectivity index (χ1) is 48.7. The van der Waals surface area contributed by atoms with E-state index in [2.05, 4.69) is 48.5 Å². The SMILES string of the molecule is CCCCCCCCCCCCC(=O)OC[C@H](COP(=O)(O)OC[C@H](O)COP(=O)(O)OC[C@@H](COC(=O)CCCCCCCCCCCCCCCCCC(C)C)OC(=O)CCCCCCCCCCCCCCCCCCCCC(C)C)OC(=O)CCCCCCCCCCCC(C)C. The van der Waals surface area contributed by atoms with Crippen molar-refractivity contribution in [2.24, 2.45) is 17.8 Å². The molecular weight excluding hydrogens is 1320 g/mol. The molecular formula is C82H160O17P2. The molecule has 0 radical (unpaired) electrons. The number of hydrogen-bond donors (Lipinski definition) is 3. The van der Waals surface area contributed by atoms with Gasteiger partial charge in [0.05, 0.1) is 26.4 Å². The van der Waals surface area contributed by atoms with E-state index in [1.807, 2.05) is 0 Å². The molecule has 5 atom stereocenters. The van der Waals surface area contributed by atoms with E-state index in [9.17, 15) is 43.2 Å². The summed E-state index contributed by atoms with van der Waals surface area (Å²) < 4.78 is 68.7. The Morgan fingerprint density at radius 1 is 0.267 bits per heavy atom. The highest BCUT2D eigenvalue weighted by atomic mass is 31.2. The summed E-state index contributed by atoms with van der Waals surface area (Å²) in [6, 6.07) is 0. The summed E-state index contributed by atoms with van der Waals surface area (Å²) in [7, 11) is -9.92. The van der Waals surface area contributed by atoms with Crippen LogP contribution in [0.4, 0.5) is 0 Å². The van der Waals surface area contributed by atoms with Gasteiger partial charge in [0.15, 0.2) is 12.2 Å². The fraction of sp³-hybridized carbons (Fsp3) is 0.951.